The van der Waals surface area contributed by atoms with Crippen LogP contribution in [0.4, 0.5) is 11.5 Å². The number of benzene rings is 1. The summed E-state index contributed by atoms with van der Waals surface area (Å²) >= 11 is 0. The summed E-state index contributed by atoms with van der Waals surface area (Å²) < 4.78 is 1.64. The third kappa shape index (κ3) is 3.34. The maximum atomic E-state index is 12.7. The first kappa shape index (κ1) is 19.6. The number of H-pyrrole nitrogens is 1. The third-order valence-corrected chi connectivity index (χ3v) is 6.40. The van der Waals surface area contributed by atoms with Gasteiger partial charge in [0.2, 0.25) is 0 Å². The monoisotopic (exact) mass is 442 g/mol. The molecule has 1 unspecified atom stereocenters. The van der Waals surface area contributed by atoms with Crippen LogP contribution < -0.4 is 10.2 Å². The Morgan fingerprint density at radius 2 is 2.15 bits per heavy atom. The molecule has 0 aliphatic carbocycles. The van der Waals surface area contributed by atoms with Gasteiger partial charge >= 0.3 is 0 Å². The number of aryl methyl sites for hydroxylation is 1. The van der Waals surface area contributed by atoms with E-state index in [1.165, 1.54) is 5.56 Å². The molecular weight excluding hydrogens is 420 g/mol. The third-order valence-electron chi connectivity index (χ3n) is 6.40. The number of nitrogens with zero attached hydrogens (tertiary/aromatic N) is 6. The second-order valence-corrected chi connectivity index (χ2v) is 8.41. The highest BCUT2D eigenvalue weighted by atomic mass is 16.2. The number of amides is 1. The molecule has 5 heterocycles. The molecule has 2 N–H and O–H groups in total. The molecule has 0 radical (unpaired) electrons. The van der Waals surface area contributed by atoms with E-state index >= 15 is 0 Å². The van der Waals surface area contributed by atoms with E-state index < -0.39 is 0 Å². The van der Waals surface area contributed by atoms with E-state index in [1.807, 2.05) is 12.1 Å². The van der Waals surface area contributed by atoms with Crippen molar-refractivity contribution in [3.63, 3.8) is 0 Å². The number of carbonyl (C=O) groups is 2. The number of nitrogens with one attached hydrogen (secondary N) is 2. The van der Waals surface area contributed by atoms with Gasteiger partial charge in [0.25, 0.3) is 5.91 Å². The molecule has 10 heteroatoms. The summed E-state index contributed by atoms with van der Waals surface area (Å²) in [6, 6.07) is 9.88. The maximum absolute atomic E-state index is 12.7. The van der Waals surface area contributed by atoms with Crippen molar-refractivity contribution < 1.29 is 9.59 Å². The zero-order valence-electron chi connectivity index (χ0n) is 17.9. The van der Waals surface area contributed by atoms with Crippen LogP contribution in [0.25, 0.3) is 11.0 Å². The summed E-state index contributed by atoms with van der Waals surface area (Å²) in [6.45, 7) is 1.93. The highest BCUT2D eigenvalue weighted by Gasteiger charge is 2.31. The SMILES string of the molecule is O=C(NCCC1CN(c2ncnc3[nH]ncc23)c2ccccc21)c1cc2n(n1)CCCC2=O. The maximum Gasteiger partial charge on any atom is 0.271 e. The van der Waals surface area contributed by atoms with Crippen LogP contribution in [0.5, 0.6) is 0 Å². The number of rotatable bonds is 5. The summed E-state index contributed by atoms with van der Waals surface area (Å²) in [5.74, 6) is 0.854. The van der Waals surface area contributed by atoms with Crippen molar-refractivity contribution in [2.45, 2.75) is 31.7 Å². The van der Waals surface area contributed by atoms with Crippen LogP contribution in [0.1, 0.15) is 51.7 Å². The fraction of sp³-hybridized carbons (Fsp3) is 0.304. The Morgan fingerprint density at radius 3 is 3.06 bits per heavy atom. The summed E-state index contributed by atoms with van der Waals surface area (Å²) in [5.41, 5.74) is 3.87. The van der Waals surface area contributed by atoms with Gasteiger partial charge in [-0.1, -0.05) is 18.2 Å². The summed E-state index contributed by atoms with van der Waals surface area (Å²) in [4.78, 5) is 35.6. The minimum absolute atomic E-state index is 0.0481. The number of hydrogen-bond acceptors (Lipinski definition) is 7. The molecule has 166 valence electrons. The molecule has 2 aliphatic heterocycles. The van der Waals surface area contributed by atoms with Crippen LogP contribution in [0.3, 0.4) is 0 Å². The van der Waals surface area contributed by atoms with E-state index in [0.717, 1.165) is 36.3 Å². The van der Waals surface area contributed by atoms with E-state index in [2.05, 4.69) is 47.6 Å². The lowest BCUT2D eigenvalue weighted by Gasteiger charge is -2.19. The Bertz CT molecular complexity index is 1370. The number of Topliss-reactive ketones (excluding diaryl/α,β-unsaturated/α-hetero) is 1. The van der Waals surface area contributed by atoms with Gasteiger partial charge in [-0.25, -0.2) is 9.97 Å². The molecule has 0 fully saturated rings. The average Bonchev–Trinajstić information content (AvgIpc) is 3.56. The Labute approximate surface area is 189 Å². The van der Waals surface area contributed by atoms with Crippen molar-refractivity contribution in [1.29, 1.82) is 0 Å². The second kappa shape index (κ2) is 7.80. The predicted molar refractivity (Wildman–Crippen MR) is 121 cm³/mol. The standard InChI is InChI=1S/C23H22N8O2/c32-20-6-3-9-31-19(20)10-17(29-31)23(33)24-8-7-14-12-30(18-5-2-1-4-15(14)18)22-16-11-27-28-21(16)25-13-26-22/h1-2,4-5,10-11,13-14H,3,6-9,12H2,(H,24,33)(H,25,26,27,28). The van der Waals surface area contributed by atoms with Crippen LogP contribution in [0, 0.1) is 0 Å². The first-order valence-corrected chi connectivity index (χ1v) is 11.1. The Balaban J connectivity index is 1.17. The zero-order valence-corrected chi connectivity index (χ0v) is 17.9. The highest BCUT2D eigenvalue weighted by molar-refractivity contribution is 5.99. The normalized spacial score (nSPS) is 17.3. The molecule has 0 saturated carbocycles. The van der Waals surface area contributed by atoms with Gasteiger partial charge in [0.05, 0.1) is 11.6 Å². The average molecular weight is 442 g/mol. The lowest BCUT2D eigenvalue weighted by atomic mass is 9.98. The van der Waals surface area contributed by atoms with Gasteiger partial charge in [0.15, 0.2) is 17.1 Å². The number of para-hydroxylation sites is 1. The van der Waals surface area contributed by atoms with Gasteiger partial charge in [-0.15, -0.1) is 0 Å². The van der Waals surface area contributed by atoms with E-state index in [9.17, 15) is 9.59 Å². The van der Waals surface area contributed by atoms with Crippen molar-refractivity contribution in [3.05, 3.63) is 59.8 Å². The number of aromatic amines is 1. The molecule has 10 nitrogen and oxygen atoms in total. The quantitative estimate of drug-likeness (QED) is 0.487. The fourth-order valence-corrected chi connectivity index (χ4v) is 4.80. The van der Waals surface area contributed by atoms with Gasteiger partial charge < -0.3 is 10.2 Å². The van der Waals surface area contributed by atoms with Crippen molar-refractivity contribution in [3.8, 4) is 0 Å². The van der Waals surface area contributed by atoms with Crippen molar-refractivity contribution >= 4 is 34.2 Å². The van der Waals surface area contributed by atoms with E-state index in [1.54, 1.807) is 23.3 Å². The molecule has 1 aromatic carbocycles. The molecule has 2 aliphatic rings. The van der Waals surface area contributed by atoms with Crippen LogP contribution in [-0.4, -0.2) is 54.7 Å². The molecule has 0 saturated heterocycles. The lowest BCUT2D eigenvalue weighted by Crippen LogP contribution is -2.27. The number of ketones is 1. The van der Waals surface area contributed by atoms with Gasteiger partial charge in [0.1, 0.15) is 17.8 Å². The van der Waals surface area contributed by atoms with Crippen molar-refractivity contribution in [2.24, 2.45) is 0 Å². The predicted octanol–water partition coefficient (Wildman–Crippen LogP) is 2.58. The minimum atomic E-state index is -0.247. The van der Waals surface area contributed by atoms with Crippen molar-refractivity contribution in [2.75, 3.05) is 18.0 Å². The number of anilines is 2. The molecule has 33 heavy (non-hydrogen) atoms. The largest absolute Gasteiger partial charge is 0.351 e. The second-order valence-electron chi connectivity index (χ2n) is 8.41. The molecule has 0 bridgehead atoms. The first-order chi connectivity index (χ1) is 16.2. The van der Waals surface area contributed by atoms with Crippen LogP contribution in [-0.2, 0) is 6.54 Å². The smallest absolute Gasteiger partial charge is 0.271 e. The van der Waals surface area contributed by atoms with Crippen molar-refractivity contribution in [1.82, 2.24) is 35.3 Å². The van der Waals surface area contributed by atoms with Crippen LogP contribution in [0.2, 0.25) is 0 Å². The highest BCUT2D eigenvalue weighted by Crippen LogP contribution is 2.42. The zero-order chi connectivity index (χ0) is 22.4. The number of fused-ring (bicyclic) bond motifs is 3. The minimum Gasteiger partial charge on any atom is -0.351 e. The summed E-state index contributed by atoms with van der Waals surface area (Å²) in [7, 11) is 0. The molecule has 6 rings (SSSR count). The van der Waals surface area contributed by atoms with Gasteiger partial charge in [-0.2, -0.15) is 10.2 Å². The van der Waals surface area contributed by atoms with Gasteiger partial charge in [-0.05, 0) is 24.5 Å². The van der Waals surface area contributed by atoms with Gasteiger partial charge in [-0.3, -0.25) is 19.4 Å². The number of carbonyl (C=O) groups excluding carboxylic acids is 2. The molecule has 3 aromatic heterocycles. The Hall–Kier alpha value is -4.08. The first-order valence-electron chi connectivity index (χ1n) is 11.1. The summed E-state index contributed by atoms with van der Waals surface area (Å²) in [6.07, 6.45) is 5.34. The Morgan fingerprint density at radius 1 is 1.24 bits per heavy atom. The van der Waals surface area contributed by atoms with Crippen LogP contribution in [0.15, 0.2) is 42.9 Å². The van der Waals surface area contributed by atoms with E-state index in [-0.39, 0.29) is 17.6 Å². The van der Waals surface area contributed by atoms with Crippen LogP contribution >= 0.6 is 0 Å². The summed E-state index contributed by atoms with van der Waals surface area (Å²) in [5, 5.41) is 15.2. The molecule has 4 aromatic rings. The van der Waals surface area contributed by atoms with Gasteiger partial charge in [0, 0.05) is 43.7 Å². The Kier molecular flexibility index (Phi) is 4.63. The number of hydrogen-bond donors (Lipinski definition) is 2. The topological polar surface area (TPSA) is 122 Å². The lowest BCUT2D eigenvalue weighted by molar-refractivity contribution is 0.0938. The fourth-order valence-electron chi connectivity index (χ4n) is 4.80. The van der Waals surface area contributed by atoms with E-state index in [4.69, 9.17) is 0 Å². The molecule has 0 spiro atoms. The molecule has 1 amide bonds. The number of aromatic nitrogens is 6. The molecular formula is C23H22N8O2. The molecule has 1 atom stereocenters. The van der Waals surface area contributed by atoms with E-state index in [0.29, 0.717) is 36.5 Å².